The van der Waals surface area contributed by atoms with Crippen molar-refractivity contribution in [2.45, 2.75) is 44.7 Å². The second kappa shape index (κ2) is 13.1. The minimum absolute atomic E-state index is 0.0706. The van der Waals surface area contributed by atoms with Gasteiger partial charge in [-0.3, -0.25) is 4.79 Å². The molecule has 14 heteroatoms. The first-order chi connectivity index (χ1) is 23.1. The van der Waals surface area contributed by atoms with Gasteiger partial charge in [-0.05, 0) is 74.0 Å². The molecule has 0 spiro atoms. The van der Waals surface area contributed by atoms with Crippen molar-refractivity contribution in [2.75, 3.05) is 79.9 Å². The lowest BCUT2D eigenvalue weighted by Gasteiger charge is -2.46. The molecule has 49 heavy (non-hydrogen) atoms. The van der Waals surface area contributed by atoms with E-state index < -0.39 is 22.2 Å². The van der Waals surface area contributed by atoms with Crippen molar-refractivity contribution in [3.8, 4) is 0 Å². The summed E-state index contributed by atoms with van der Waals surface area (Å²) in [6.07, 6.45) is -0.896. The Hall–Kier alpha value is -4.40. The van der Waals surface area contributed by atoms with Crippen LogP contribution in [0.4, 0.5) is 39.2 Å². The van der Waals surface area contributed by atoms with E-state index in [1.54, 1.807) is 47.2 Å². The predicted octanol–water partition coefficient (Wildman–Crippen LogP) is 4.48. The molecule has 2 fully saturated rings. The minimum Gasteiger partial charge on any atom is -0.465 e. The van der Waals surface area contributed by atoms with E-state index in [1.165, 1.54) is 4.31 Å². The van der Waals surface area contributed by atoms with E-state index in [9.17, 15) is 23.1 Å². The van der Waals surface area contributed by atoms with E-state index in [4.69, 9.17) is 4.98 Å². The number of rotatable bonds is 6. The van der Waals surface area contributed by atoms with Gasteiger partial charge >= 0.3 is 6.09 Å². The van der Waals surface area contributed by atoms with Crippen LogP contribution in [0.2, 0.25) is 0 Å². The lowest BCUT2D eigenvalue weighted by atomic mass is 9.84. The second-order valence-corrected chi connectivity index (χ2v) is 16.1. The minimum atomic E-state index is -3.65. The maximum absolute atomic E-state index is 13.4. The summed E-state index contributed by atoms with van der Waals surface area (Å²) in [5.74, 6) is 1.03. The number of piperazine rings is 2. The van der Waals surface area contributed by atoms with Crippen molar-refractivity contribution in [1.29, 1.82) is 0 Å². The largest absolute Gasteiger partial charge is 0.465 e. The van der Waals surface area contributed by atoms with Crippen LogP contribution in [0.1, 0.15) is 27.7 Å². The summed E-state index contributed by atoms with van der Waals surface area (Å²) >= 11 is 0. The zero-order valence-electron chi connectivity index (χ0n) is 29.0. The quantitative estimate of drug-likeness (QED) is 0.382. The van der Waals surface area contributed by atoms with Crippen molar-refractivity contribution >= 4 is 56.4 Å². The molecule has 1 aromatic heterocycles. The van der Waals surface area contributed by atoms with Gasteiger partial charge in [0.15, 0.2) is 5.82 Å². The fraction of sp³-hybridized carbons (Fsp3) is 0.457. The molecule has 2 saturated heterocycles. The predicted molar refractivity (Wildman–Crippen MR) is 192 cm³/mol. The SMILES string of the molecule is CC1C(=O)N(C)c2ccc(Nc3cccc(S(=O)(=O)N4CCN(C)CC4)c3)nc2N1c1ccc(N2CCN(C(=O)O)C(C(C)(C)C)C2)cc1. The van der Waals surface area contributed by atoms with Crippen LogP contribution in [0.25, 0.3) is 0 Å². The van der Waals surface area contributed by atoms with Crippen molar-refractivity contribution in [1.82, 2.24) is 19.1 Å². The number of sulfonamides is 1. The molecule has 262 valence electrons. The van der Waals surface area contributed by atoms with Gasteiger partial charge in [0.2, 0.25) is 15.9 Å². The molecule has 13 nitrogen and oxygen atoms in total. The summed E-state index contributed by atoms with van der Waals surface area (Å²) in [6, 6.07) is 17.7. The molecule has 2 N–H and O–H groups in total. The third kappa shape index (κ3) is 6.77. The molecular weight excluding hydrogens is 645 g/mol. The summed E-state index contributed by atoms with van der Waals surface area (Å²) in [7, 11) is 0.0772. The van der Waals surface area contributed by atoms with E-state index in [0.717, 1.165) is 11.4 Å². The van der Waals surface area contributed by atoms with Crippen LogP contribution >= 0.6 is 0 Å². The highest BCUT2D eigenvalue weighted by Gasteiger charge is 2.39. The molecule has 2 amide bonds. The Labute approximate surface area is 288 Å². The van der Waals surface area contributed by atoms with Gasteiger partial charge in [-0.2, -0.15) is 4.31 Å². The molecule has 0 saturated carbocycles. The summed E-state index contributed by atoms with van der Waals surface area (Å²) in [6.45, 7) is 11.9. The number of likely N-dealkylation sites (N-methyl/N-ethyl adjacent to an activating group) is 2. The number of carbonyl (C=O) groups excluding carboxylic acids is 1. The molecule has 0 bridgehead atoms. The third-order valence-corrected chi connectivity index (χ3v) is 11.7. The number of nitrogens with zero attached hydrogens (tertiary/aromatic N) is 7. The third-order valence-electron chi connectivity index (χ3n) is 9.84. The molecule has 0 aliphatic carbocycles. The number of benzene rings is 2. The Morgan fingerprint density at radius 3 is 2.24 bits per heavy atom. The number of amides is 2. The molecule has 3 aliphatic heterocycles. The summed E-state index contributed by atoms with van der Waals surface area (Å²) in [5.41, 5.74) is 2.78. The van der Waals surface area contributed by atoms with Crippen LogP contribution in [0, 0.1) is 5.41 Å². The highest BCUT2D eigenvalue weighted by atomic mass is 32.2. The molecule has 2 atom stereocenters. The van der Waals surface area contributed by atoms with Crippen LogP contribution in [-0.2, 0) is 14.8 Å². The monoisotopic (exact) mass is 690 g/mol. The highest BCUT2D eigenvalue weighted by molar-refractivity contribution is 7.89. The normalized spacial score (nSPS) is 21.1. The Morgan fingerprint density at radius 1 is 0.918 bits per heavy atom. The first kappa shape index (κ1) is 34.5. The number of carbonyl (C=O) groups is 2. The first-order valence-corrected chi connectivity index (χ1v) is 18.1. The lowest BCUT2D eigenvalue weighted by molar-refractivity contribution is -0.119. The average molecular weight is 691 g/mol. The first-order valence-electron chi connectivity index (χ1n) is 16.6. The molecule has 4 heterocycles. The van der Waals surface area contributed by atoms with E-state index in [1.807, 2.05) is 49.2 Å². The van der Waals surface area contributed by atoms with E-state index in [-0.39, 0.29) is 22.3 Å². The van der Waals surface area contributed by atoms with Gasteiger partial charge in [0.25, 0.3) is 0 Å². The summed E-state index contributed by atoms with van der Waals surface area (Å²) in [4.78, 5) is 39.9. The van der Waals surface area contributed by atoms with Gasteiger partial charge in [-0.1, -0.05) is 26.8 Å². The van der Waals surface area contributed by atoms with Crippen molar-refractivity contribution in [2.24, 2.45) is 5.41 Å². The van der Waals surface area contributed by atoms with E-state index in [0.29, 0.717) is 68.8 Å². The van der Waals surface area contributed by atoms with Gasteiger partial charge in [0.05, 0.1) is 16.6 Å². The van der Waals surface area contributed by atoms with Gasteiger partial charge in [-0.15, -0.1) is 0 Å². The molecule has 0 radical (unpaired) electrons. The summed E-state index contributed by atoms with van der Waals surface area (Å²) in [5, 5.41) is 13.1. The van der Waals surface area contributed by atoms with Gasteiger partial charge in [0.1, 0.15) is 11.9 Å². The van der Waals surface area contributed by atoms with Crippen LogP contribution in [0.5, 0.6) is 0 Å². The zero-order valence-corrected chi connectivity index (χ0v) is 29.8. The number of aromatic nitrogens is 1. The topological polar surface area (TPSA) is 133 Å². The van der Waals surface area contributed by atoms with Crippen LogP contribution in [0.15, 0.2) is 65.6 Å². The molecule has 6 rings (SSSR count). The fourth-order valence-electron chi connectivity index (χ4n) is 6.86. The highest BCUT2D eigenvalue weighted by Crippen LogP contribution is 2.41. The molecular formula is C35H46N8O5S. The van der Waals surface area contributed by atoms with Gasteiger partial charge in [0, 0.05) is 69.9 Å². The molecule has 3 aliphatic rings. The molecule has 2 aromatic carbocycles. The zero-order chi connectivity index (χ0) is 35.2. The van der Waals surface area contributed by atoms with Crippen molar-refractivity contribution in [3.63, 3.8) is 0 Å². The fourth-order valence-corrected chi connectivity index (χ4v) is 8.33. The molecule has 2 unspecified atom stereocenters. The van der Waals surface area contributed by atoms with Gasteiger partial charge in [-0.25, -0.2) is 18.2 Å². The van der Waals surface area contributed by atoms with Gasteiger partial charge < -0.3 is 34.9 Å². The Bertz CT molecular complexity index is 1820. The van der Waals surface area contributed by atoms with Crippen LogP contribution in [-0.4, -0.2) is 117 Å². The van der Waals surface area contributed by atoms with Crippen molar-refractivity contribution in [3.05, 3.63) is 60.7 Å². The number of hydrogen-bond acceptors (Lipinski definition) is 9. The maximum Gasteiger partial charge on any atom is 0.407 e. The number of hydrogen-bond donors (Lipinski definition) is 2. The Kier molecular flexibility index (Phi) is 9.24. The van der Waals surface area contributed by atoms with Crippen LogP contribution < -0.4 is 20.0 Å². The second-order valence-electron chi connectivity index (χ2n) is 14.2. The lowest BCUT2D eigenvalue weighted by Crippen LogP contribution is -2.59. The number of nitrogens with one attached hydrogen (secondary N) is 1. The van der Waals surface area contributed by atoms with E-state index in [2.05, 4.69) is 35.9 Å². The van der Waals surface area contributed by atoms with Crippen molar-refractivity contribution < 1.29 is 23.1 Å². The number of anilines is 6. The average Bonchev–Trinajstić information content (AvgIpc) is 3.07. The van der Waals surface area contributed by atoms with Crippen LogP contribution in [0.3, 0.4) is 0 Å². The smallest absolute Gasteiger partial charge is 0.407 e. The number of fused-ring (bicyclic) bond motifs is 1. The number of pyridine rings is 1. The standard InChI is InChI=1S/C35H46N8O5S/c1-24-33(44)39(6)29-14-15-31(36-25-8-7-9-28(22-25)49(47,48)41-19-16-38(5)17-20-41)37-32(29)43(24)27-12-10-26(11-13-27)40-18-21-42(34(45)46)30(23-40)35(2,3)4/h7-15,22,24,30H,16-21,23H2,1-6H3,(H,36,37)(H,45,46). The Balaban J connectivity index is 1.26. The summed E-state index contributed by atoms with van der Waals surface area (Å²) < 4.78 is 28.3. The maximum atomic E-state index is 13.4. The molecule has 3 aromatic rings. The van der Waals surface area contributed by atoms with E-state index >= 15 is 0 Å². The number of carboxylic acid groups (broad SMARTS) is 1. The Morgan fingerprint density at radius 2 is 1.59 bits per heavy atom.